The van der Waals surface area contributed by atoms with E-state index in [1.807, 2.05) is 0 Å². The molecule has 30 heavy (non-hydrogen) atoms. The third kappa shape index (κ3) is 3.68. The lowest BCUT2D eigenvalue weighted by Gasteiger charge is -2.31. The Labute approximate surface area is 175 Å². The molecule has 4 rings (SSSR count). The smallest absolute Gasteiger partial charge is 0.311 e. The van der Waals surface area contributed by atoms with E-state index in [2.05, 4.69) is 10.1 Å². The number of amides is 3. The fraction of sp³-hybridized carbons (Fsp3) is 0.286. The SMILES string of the molecule is O=C1CCC(c2cccc(-c3ccc(N4CCOC(F)(F)C4=O)cc3)c2Cl)C(=O)N1. The van der Waals surface area contributed by atoms with Crippen molar-refractivity contribution in [2.24, 2.45) is 0 Å². The van der Waals surface area contributed by atoms with Crippen molar-refractivity contribution < 1.29 is 27.9 Å². The number of hydrogen-bond acceptors (Lipinski definition) is 4. The molecule has 0 radical (unpaired) electrons. The number of imide groups is 1. The van der Waals surface area contributed by atoms with Gasteiger partial charge in [-0.05, 0) is 29.7 Å². The maximum Gasteiger partial charge on any atom is 0.437 e. The molecule has 0 spiro atoms. The second-order valence-electron chi connectivity index (χ2n) is 7.08. The number of nitrogens with zero attached hydrogens (tertiary/aromatic N) is 1. The molecule has 0 aromatic heterocycles. The zero-order valence-electron chi connectivity index (χ0n) is 15.7. The molecule has 2 saturated heterocycles. The minimum Gasteiger partial charge on any atom is -0.311 e. The highest BCUT2D eigenvalue weighted by Crippen LogP contribution is 2.38. The first-order valence-corrected chi connectivity index (χ1v) is 9.72. The number of ether oxygens (including phenoxy) is 1. The fourth-order valence-electron chi connectivity index (χ4n) is 3.68. The van der Waals surface area contributed by atoms with E-state index in [9.17, 15) is 23.2 Å². The molecule has 2 aromatic rings. The minimum absolute atomic E-state index is 0.0273. The van der Waals surface area contributed by atoms with Crippen LogP contribution in [0.5, 0.6) is 0 Å². The maximum atomic E-state index is 13.5. The molecule has 2 aliphatic heterocycles. The normalized spacial score (nSPS) is 21.5. The van der Waals surface area contributed by atoms with Crippen LogP contribution in [-0.2, 0) is 19.1 Å². The Bertz CT molecular complexity index is 1030. The van der Waals surface area contributed by atoms with Crippen LogP contribution in [0.4, 0.5) is 14.5 Å². The van der Waals surface area contributed by atoms with Gasteiger partial charge in [-0.15, -0.1) is 0 Å². The average Bonchev–Trinajstić information content (AvgIpc) is 2.71. The van der Waals surface area contributed by atoms with Gasteiger partial charge in [-0.3, -0.25) is 19.7 Å². The van der Waals surface area contributed by atoms with Crippen molar-refractivity contribution in [2.45, 2.75) is 24.9 Å². The largest absolute Gasteiger partial charge is 0.437 e. The zero-order chi connectivity index (χ0) is 21.5. The van der Waals surface area contributed by atoms with Crippen LogP contribution in [-0.4, -0.2) is 37.0 Å². The summed E-state index contributed by atoms with van der Waals surface area (Å²) in [6.45, 7) is -0.236. The molecular weight excluding hydrogens is 418 g/mol. The van der Waals surface area contributed by atoms with Crippen molar-refractivity contribution in [3.63, 3.8) is 0 Å². The van der Waals surface area contributed by atoms with Crippen LogP contribution in [0.1, 0.15) is 24.3 Å². The molecule has 0 bridgehead atoms. The van der Waals surface area contributed by atoms with Crippen molar-refractivity contribution in [3.8, 4) is 11.1 Å². The van der Waals surface area contributed by atoms with Gasteiger partial charge >= 0.3 is 12.0 Å². The summed E-state index contributed by atoms with van der Waals surface area (Å²) >= 11 is 6.58. The van der Waals surface area contributed by atoms with Crippen LogP contribution < -0.4 is 10.2 Å². The Morgan fingerprint density at radius 3 is 2.53 bits per heavy atom. The maximum absolute atomic E-state index is 13.5. The van der Waals surface area contributed by atoms with E-state index in [0.717, 1.165) is 4.90 Å². The molecule has 6 nitrogen and oxygen atoms in total. The minimum atomic E-state index is -3.84. The molecule has 9 heteroatoms. The number of halogens is 3. The molecular formula is C21H17ClF2N2O4. The lowest BCUT2D eigenvalue weighted by Crippen LogP contribution is -2.52. The highest BCUT2D eigenvalue weighted by atomic mass is 35.5. The molecule has 2 aliphatic rings. The van der Waals surface area contributed by atoms with Gasteiger partial charge in [0.05, 0.1) is 17.5 Å². The summed E-state index contributed by atoms with van der Waals surface area (Å²) < 4.78 is 31.3. The van der Waals surface area contributed by atoms with E-state index in [4.69, 9.17) is 11.6 Å². The lowest BCUT2D eigenvalue weighted by molar-refractivity contribution is -0.235. The van der Waals surface area contributed by atoms with Crippen molar-refractivity contribution in [1.82, 2.24) is 5.32 Å². The van der Waals surface area contributed by atoms with E-state index in [-0.39, 0.29) is 31.4 Å². The van der Waals surface area contributed by atoms with Crippen LogP contribution in [0, 0.1) is 0 Å². The number of hydrogen-bond donors (Lipinski definition) is 1. The summed E-state index contributed by atoms with van der Waals surface area (Å²) in [5.74, 6) is -2.61. The predicted octanol–water partition coefficient (Wildman–Crippen LogP) is 3.48. The van der Waals surface area contributed by atoms with Crippen molar-refractivity contribution in [3.05, 3.63) is 53.1 Å². The second-order valence-corrected chi connectivity index (χ2v) is 7.46. The quantitative estimate of drug-likeness (QED) is 0.750. The number of piperidine rings is 1. The second kappa shape index (κ2) is 7.77. The summed E-state index contributed by atoms with van der Waals surface area (Å²) in [4.78, 5) is 36.5. The standard InChI is InChI=1S/C21H17ClF2N2O4/c22-18-14(2-1-3-15(18)16-8-9-17(27)25-19(16)28)12-4-6-13(7-5-12)26-10-11-30-21(23,24)20(26)29/h1-7,16H,8-11H2,(H,25,27,28). The van der Waals surface area contributed by atoms with E-state index in [1.165, 1.54) is 0 Å². The number of alkyl halides is 2. The van der Waals surface area contributed by atoms with Gasteiger partial charge in [0.2, 0.25) is 11.8 Å². The van der Waals surface area contributed by atoms with Gasteiger partial charge in [-0.2, -0.15) is 8.78 Å². The number of benzene rings is 2. The van der Waals surface area contributed by atoms with Crippen LogP contribution in [0.3, 0.4) is 0 Å². The molecule has 1 atom stereocenters. The van der Waals surface area contributed by atoms with E-state index in [1.54, 1.807) is 42.5 Å². The highest BCUT2D eigenvalue weighted by molar-refractivity contribution is 6.34. The number of carbonyl (C=O) groups excluding carboxylic acids is 3. The monoisotopic (exact) mass is 434 g/mol. The van der Waals surface area contributed by atoms with Gasteiger partial charge in [-0.1, -0.05) is 41.9 Å². The van der Waals surface area contributed by atoms with Gasteiger partial charge < -0.3 is 9.64 Å². The Balaban J connectivity index is 1.62. The summed E-state index contributed by atoms with van der Waals surface area (Å²) in [6, 6.07) is 11.8. The van der Waals surface area contributed by atoms with E-state index in [0.29, 0.717) is 33.8 Å². The average molecular weight is 435 g/mol. The molecule has 2 aromatic carbocycles. The fourth-order valence-corrected chi connectivity index (χ4v) is 4.05. The van der Waals surface area contributed by atoms with Crippen LogP contribution in [0.2, 0.25) is 5.02 Å². The Hall–Kier alpha value is -2.84. The third-order valence-corrected chi connectivity index (χ3v) is 5.65. The molecule has 2 heterocycles. The molecule has 0 aliphatic carbocycles. The number of rotatable bonds is 3. The van der Waals surface area contributed by atoms with Crippen molar-refractivity contribution >= 4 is 35.0 Å². The van der Waals surface area contributed by atoms with Gasteiger partial charge in [0.25, 0.3) is 0 Å². The van der Waals surface area contributed by atoms with Crippen molar-refractivity contribution in [1.29, 1.82) is 0 Å². The molecule has 156 valence electrons. The molecule has 1 unspecified atom stereocenters. The van der Waals surface area contributed by atoms with Gasteiger partial charge in [-0.25, -0.2) is 0 Å². The highest BCUT2D eigenvalue weighted by Gasteiger charge is 2.47. The summed E-state index contributed by atoms with van der Waals surface area (Å²) in [6.07, 6.45) is -3.22. The van der Waals surface area contributed by atoms with Gasteiger partial charge in [0.15, 0.2) is 0 Å². The number of morpholine rings is 1. The van der Waals surface area contributed by atoms with Crippen LogP contribution in [0.25, 0.3) is 11.1 Å². The topological polar surface area (TPSA) is 75.7 Å². The number of carbonyl (C=O) groups is 3. The third-order valence-electron chi connectivity index (χ3n) is 5.23. The molecule has 3 amide bonds. The van der Waals surface area contributed by atoms with E-state index >= 15 is 0 Å². The van der Waals surface area contributed by atoms with E-state index < -0.39 is 17.9 Å². The number of anilines is 1. The first-order valence-electron chi connectivity index (χ1n) is 9.34. The lowest BCUT2D eigenvalue weighted by atomic mass is 9.88. The van der Waals surface area contributed by atoms with Crippen LogP contribution in [0.15, 0.2) is 42.5 Å². The molecule has 1 N–H and O–H groups in total. The van der Waals surface area contributed by atoms with Crippen molar-refractivity contribution in [2.75, 3.05) is 18.1 Å². The van der Waals surface area contributed by atoms with Gasteiger partial charge in [0.1, 0.15) is 0 Å². The Morgan fingerprint density at radius 2 is 1.83 bits per heavy atom. The van der Waals surface area contributed by atoms with Crippen LogP contribution >= 0.6 is 11.6 Å². The summed E-state index contributed by atoms with van der Waals surface area (Å²) in [5.41, 5.74) is 2.30. The molecule has 0 saturated carbocycles. The summed E-state index contributed by atoms with van der Waals surface area (Å²) in [5, 5.41) is 2.71. The predicted molar refractivity (Wildman–Crippen MR) is 105 cm³/mol. The Kier molecular flexibility index (Phi) is 5.29. The first-order chi connectivity index (χ1) is 14.3. The zero-order valence-corrected chi connectivity index (χ0v) is 16.4. The number of nitrogens with one attached hydrogen (secondary N) is 1. The molecule has 2 fully saturated rings. The first kappa shape index (κ1) is 20.4. The van der Waals surface area contributed by atoms with Gasteiger partial charge in [0, 0.05) is 24.2 Å². The Morgan fingerprint density at radius 1 is 1.10 bits per heavy atom. The summed E-state index contributed by atoms with van der Waals surface area (Å²) in [7, 11) is 0.